The monoisotopic (exact) mass is 458 g/mol. The Balaban J connectivity index is 1.57. The average molecular weight is 459 g/mol. The van der Waals surface area contributed by atoms with Crippen LogP contribution >= 0.6 is 15.9 Å². The largest absolute Gasteiger partial charge is 0.367 e. The minimum Gasteiger partial charge on any atom is -0.367 e. The minimum absolute atomic E-state index is 0.310. The molecule has 1 saturated heterocycles. The highest BCUT2D eigenvalue weighted by Crippen LogP contribution is 2.28. The number of piperazine rings is 1. The number of nitrogens with zero attached hydrogens (tertiary/aromatic N) is 2. The standard InChI is InChI=1S/C21H20BrFN4O2/c1-26-6-8-27(9-7-26)19-5-3-14(11-18(19)23)24-12-17-16-10-13(22)2-4-15(16)20(28)25-21(17)29/h2-5,10-12,24H,6-9H2,1H3,(H,25,28,29)/b17-12-. The Morgan fingerprint density at radius 3 is 2.52 bits per heavy atom. The number of halogens is 2. The Hall–Kier alpha value is -2.71. The molecule has 0 atom stereocenters. The summed E-state index contributed by atoms with van der Waals surface area (Å²) in [5, 5.41) is 5.30. The molecule has 8 heteroatoms. The number of carbonyl (C=O) groups is 2. The van der Waals surface area contributed by atoms with Crippen molar-refractivity contribution in [1.29, 1.82) is 0 Å². The number of nitrogens with one attached hydrogen (secondary N) is 2. The predicted octanol–water partition coefficient (Wildman–Crippen LogP) is 3.06. The molecule has 2 amide bonds. The van der Waals surface area contributed by atoms with Gasteiger partial charge in [-0.05, 0) is 43.4 Å². The van der Waals surface area contributed by atoms with E-state index in [1.165, 1.54) is 12.3 Å². The van der Waals surface area contributed by atoms with E-state index in [-0.39, 0.29) is 5.82 Å². The van der Waals surface area contributed by atoms with Crippen molar-refractivity contribution < 1.29 is 14.0 Å². The highest BCUT2D eigenvalue weighted by atomic mass is 79.9. The van der Waals surface area contributed by atoms with E-state index in [0.29, 0.717) is 28.1 Å². The van der Waals surface area contributed by atoms with Crippen LogP contribution in [-0.4, -0.2) is 49.9 Å². The number of fused-ring (bicyclic) bond motifs is 1. The molecule has 2 heterocycles. The summed E-state index contributed by atoms with van der Waals surface area (Å²) >= 11 is 3.36. The number of benzene rings is 2. The smallest absolute Gasteiger partial charge is 0.260 e. The van der Waals surface area contributed by atoms with Gasteiger partial charge in [-0.25, -0.2) is 4.39 Å². The number of imide groups is 1. The lowest BCUT2D eigenvalue weighted by Crippen LogP contribution is -2.44. The Labute approximate surface area is 176 Å². The van der Waals surface area contributed by atoms with Gasteiger partial charge in [-0.2, -0.15) is 0 Å². The van der Waals surface area contributed by atoms with Crippen LogP contribution in [0, 0.1) is 5.82 Å². The summed E-state index contributed by atoms with van der Waals surface area (Å²) in [5.74, 6) is -1.25. The van der Waals surface area contributed by atoms with Crippen LogP contribution in [0.5, 0.6) is 0 Å². The SMILES string of the molecule is CN1CCN(c2ccc(N/C=C3\C(=O)NC(=O)c4ccc(Br)cc43)cc2F)CC1. The molecule has 0 saturated carbocycles. The maximum Gasteiger partial charge on any atom is 0.260 e. The third-order valence-corrected chi connectivity index (χ3v) is 5.66. The summed E-state index contributed by atoms with van der Waals surface area (Å²) in [7, 11) is 2.06. The number of carbonyl (C=O) groups excluding carboxylic acids is 2. The molecule has 2 aliphatic heterocycles. The zero-order valence-corrected chi connectivity index (χ0v) is 17.4. The van der Waals surface area contributed by atoms with Crippen LogP contribution in [-0.2, 0) is 4.79 Å². The number of rotatable bonds is 3. The third-order valence-electron chi connectivity index (χ3n) is 5.16. The van der Waals surface area contributed by atoms with E-state index in [0.717, 1.165) is 30.7 Å². The molecule has 4 rings (SSSR count). The van der Waals surface area contributed by atoms with E-state index < -0.39 is 11.8 Å². The minimum atomic E-state index is -0.498. The number of amides is 2. The Morgan fingerprint density at radius 1 is 1.03 bits per heavy atom. The van der Waals surface area contributed by atoms with Crippen LogP contribution in [0.3, 0.4) is 0 Å². The molecule has 29 heavy (non-hydrogen) atoms. The Bertz CT molecular complexity index is 1020. The number of hydrogen-bond acceptors (Lipinski definition) is 5. The fraction of sp³-hybridized carbons (Fsp3) is 0.238. The highest BCUT2D eigenvalue weighted by molar-refractivity contribution is 9.10. The van der Waals surface area contributed by atoms with E-state index >= 15 is 0 Å². The normalized spacial score (nSPS) is 18.6. The lowest BCUT2D eigenvalue weighted by molar-refractivity contribution is -0.114. The zero-order chi connectivity index (χ0) is 20.5. The van der Waals surface area contributed by atoms with Crippen molar-refractivity contribution in [3.8, 4) is 0 Å². The van der Waals surface area contributed by atoms with Crippen molar-refractivity contribution in [2.45, 2.75) is 0 Å². The molecule has 2 N–H and O–H groups in total. The first-order chi connectivity index (χ1) is 13.9. The van der Waals surface area contributed by atoms with E-state index in [2.05, 4.69) is 38.5 Å². The van der Waals surface area contributed by atoms with Gasteiger partial charge in [-0.1, -0.05) is 15.9 Å². The van der Waals surface area contributed by atoms with Crippen molar-refractivity contribution in [2.75, 3.05) is 43.4 Å². The number of likely N-dealkylation sites (N-methyl/N-ethyl adjacent to an activating group) is 1. The Morgan fingerprint density at radius 2 is 1.79 bits per heavy atom. The van der Waals surface area contributed by atoms with Crippen molar-refractivity contribution in [3.05, 3.63) is 64.0 Å². The van der Waals surface area contributed by atoms with E-state index in [1.54, 1.807) is 30.3 Å². The molecule has 2 aromatic carbocycles. The maximum absolute atomic E-state index is 14.7. The number of anilines is 2. The molecule has 6 nitrogen and oxygen atoms in total. The summed E-state index contributed by atoms with van der Waals surface area (Å²) in [6.45, 7) is 3.36. The lowest BCUT2D eigenvalue weighted by atomic mass is 9.95. The number of hydrogen-bond donors (Lipinski definition) is 2. The van der Waals surface area contributed by atoms with Crippen LogP contribution < -0.4 is 15.5 Å². The van der Waals surface area contributed by atoms with Crippen molar-refractivity contribution in [2.24, 2.45) is 0 Å². The predicted molar refractivity (Wildman–Crippen MR) is 114 cm³/mol. The molecule has 0 unspecified atom stereocenters. The van der Waals surface area contributed by atoms with Gasteiger partial charge in [0.1, 0.15) is 5.82 Å². The molecule has 2 aliphatic rings. The van der Waals surface area contributed by atoms with Crippen LogP contribution in [0.1, 0.15) is 15.9 Å². The third kappa shape index (κ3) is 4.04. The van der Waals surface area contributed by atoms with E-state index in [4.69, 9.17) is 0 Å². The van der Waals surface area contributed by atoms with Gasteiger partial charge in [-0.3, -0.25) is 14.9 Å². The summed E-state index contributed by atoms with van der Waals surface area (Å²) in [5.41, 5.74) is 2.35. The summed E-state index contributed by atoms with van der Waals surface area (Å²) < 4.78 is 15.4. The highest BCUT2D eigenvalue weighted by Gasteiger charge is 2.27. The first-order valence-electron chi connectivity index (χ1n) is 9.28. The molecule has 0 bridgehead atoms. The molecular weight excluding hydrogens is 439 g/mol. The summed E-state index contributed by atoms with van der Waals surface area (Å²) in [4.78, 5) is 28.6. The van der Waals surface area contributed by atoms with Gasteiger partial charge in [-0.15, -0.1) is 0 Å². The van der Waals surface area contributed by atoms with Crippen molar-refractivity contribution >= 4 is 44.7 Å². The van der Waals surface area contributed by atoms with Crippen LogP contribution in [0.2, 0.25) is 0 Å². The van der Waals surface area contributed by atoms with E-state index in [1.807, 2.05) is 4.90 Å². The maximum atomic E-state index is 14.7. The molecule has 0 aliphatic carbocycles. The first kappa shape index (κ1) is 19.6. The lowest BCUT2D eigenvalue weighted by Gasteiger charge is -2.34. The summed E-state index contributed by atoms with van der Waals surface area (Å²) in [6.07, 6.45) is 1.50. The quantitative estimate of drug-likeness (QED) is 0.546. The molecule has 0 aromatic heterocycles. The van der Waals surface area contributed by atoms with Gasteiger partial charge in [0.15, 0.2) is 0 Å². The van der Waals surface area contributed by atoms with Crippen molar-refractivity contribution in [3.63, 3.8) is 0 Å². The Kier molecular flexibility index (Phi) is 5.38. The zero-order valence-electron chi connectivity index (χ0n) is 15.8. The molecule has 2 aromatic rings. The van der Waals surface area contributed by atoms with Gasteiger partial charge in [0.25, 0.3) is 11.8 Å². The van der Waals surface area contributed by atoms with Gasteiger partial charge in [0.2, 0.25) is 0 Å². The van der Waals surface area contributed by atoms with E-state index in [9.17, 15) is 14.0 Å². The van der Waals surface area contributed by atoms with Crippen LogP contribution in [0.15, 0.2) is 47.1 Å². The topological polar surface area (TPSA) is 64.7 Å². The molecule has 1 fully saturated rings. The molecule has 0 spiro atoms. The second-order valence-electron chi connectivity index (χ2n) is 7.13. The van der Waals surface area contributed by atoms with Crippen molar-refractivity contribution in [1.82, 2.24) is 10.2 Å². The fourth-order valence-corrected chi connectivity index (χ4v) is 3.86. The second kappa shape index (κ2) is 7.96. The van der Waals surface area contributed by atoms with Crippen LogP contribution in [0.25, 0.3) is 5.57 Å². The van der Waals surface area contributed by atoms with Gasteiger partial charge >= 0.3 is 0 Å². The summed E-state index contributed by atoms with van der Waals surface area (Å²) in [6, 6.07) is 10.1. The molecular formula is C21H20BrFN4O2. The van der Waals surface area contributed by atoms with Gasteiger partial charge in [0.05, 0.1) is 11.3 Å². The molecule has 150 valence electrons. The van der Waals surface area contributed by atoms with Gasteiger partial charge < -0.3 is 15.1 Å². The molecule has 0 radical (unpaired) electrons. The van der Waals surface area contributed by atoms with Crippen LogP contribution in [0.4, 0.5) is 15.8 Å². The first-order valence-corrected chi connectivity index (χ1v) is 10.1. The fourth-order valence-electron chi connectivity index (χ4n) is 3.50. The second-order valence-corrected chi connectivity index (χ2v) is 8.05. The van der Waals surface area contributed by atoms with Gasteiger partial charge in [0, 0.05) is 53.7 Å². The average Bonchev–Trinajstić information content (AvgIpc) is 2.68.